The fourth-order valence-corrected chi connectivity index (χ4v) is 1.22. The molecule has 0 saturated heterocycles. The Morgan fingerprint density at radius 3 is 2.92 bits per heavy atom. The molecule has 3 heteroatoms. The lowest BCUT2D eigenvalue weighted by molar-refractivity contribution is 0.191. The summed E-state index contributed by atoms with van der Waals surface area (Å²) in [6.07, 6.45) is 3.92. The van der Waals surface area contributed by atoms with E-state index in [2.05, 4.69) is 35.3 Å². The summed E-state index contributed by atoms with van der Waals surface area (Å²) < 4.78 is 2.14. The SMILES string of the molecule is CCn1ccc(CNCC(C)O)c1. The lowest BCUT2D eigenvalue weighted by Crippen LogP contribution is -2.23. The number of aliphatic hydroxyl groups is 1. The van der Waals surface area contributed by atoms with Gasteiger partial charge in [0.25, 0.3) is 0 Å². The van der Waals surface area contributed by atoms with Gasteiger partial charge in [-0.1, -0.05) is 0 Å². The minimum atomic E-state index is -0.270. The van der Waals surface area contributed by atoms with Crippen LogP contribution in [0.1, 0.15) is 19.4 Å². The zero-order valence-electron chi connectivity index (χ0n) is 8.33. The number of aryl methyl sites for hydroxylation is 1. The van der Waals surface area contributed by atoms with E-state index in [0.29, 0.717) is 6.54 Å². The Balaban J connectivity index is 2.28. The van der Waals surface area contributed by atoms with Crippen molar-refractivity contribution in [1.29, 1.82) is 0 Å². The van der Waals surface area contributed by atoms with Gasteiger partial charge in [-0.3, -0.25) is 0 Å². The summed E-state index contributed by atoms with van der Waals surface area (Å²) in [6.45, 7) is 6.39. The van der Waals surface area contributed by atoms with Crippen LogP contribution in [0.15, 0.2) is 18.5 Å². The van der Waals surface area contributed by atoms with Gasteiger partial charge in [0, 0.05) is 32.0 Å². The molecule has 0 amide bonds. The van der Waals surface area contributed by atoms with Crippen LogP contribution in [0.4, 0.5) is 0 Å². The van der Waals surface area contributed by atoms with Crippen molar-refractivity contribution in [3.63, 3.8) is 0 Å². The Labute approximate surface area is 79.4 Å². The van der Waals surface area contributed by atoms with Crippen molar-refractivity contribution in [3.8, 4) is 0 Å². The monoisotopic (exact) mass is 182 g/mol. The summed E-state index contributed by atoms with van der Waals surface area (Å²) in [5.74, 6) is 0. The molecule has 1 rings (SSSR count). The highest BCUT2D eigenvalue weighted by atomic mass is 16.3. The quantitative estimate of drug-likeness (QED) is 0.712. The van der Waals surface area contributed by atoms with Gasteiger partial charge >= 0.3 is 0 Å². The van der Waals surface area contributed by atoms with Crippen LogP contribution in [-0.2, 0) is 13.1 Å². The zero-order chi connectivity index (χ0) is 9.68. The molecule has 74 valence electrons. The Hall–Kier alpha value is -0.800. The van der Waals surface area contributed by atoms with Gasteiger partial charge in [0.1, 0.15) is 0 Å². The molecule has 0 spiro atoms. The molecule has 0 aliphatic heterocycles. The maximum atomic E-state index is 9.01. The highest BCUT2D eigenvalue weighted by molar-refractivity contribution is 5.09. The van der Waals surface area contributed by atoms with E-state index in [4.69, 9.17) is 5.11 Å². The van der Waals surface area contributed by atoms with Gasteiger partial charge in [-0.15, -0.1) is 0 Å². The van der Waals surface area contributed by atoms with Gasteiger partial charge in [-0.2, -0.15) is 0 Å². The average Bonchev–Trinajstić information content (AvgIpc) is 2.52. The van der Waals surface area contributed by atoms with Crippen molar-refractivity contribution in [1.82, 2.24) is 9.88 Å². The predicted octanol–water partition coefficient (Wildman–Crippen LogP) is 0.978. The lowest BCUT2D eigenvalue weighted by Gasteiger charge is -2.04. The zero-order valence-corrected chi connectivity index (χ0v) is 8.33. The molecule has 13 heavy (non-hydrogen) atoms. The minimum absolute atomic E-state index is 0.270. The number of hydrogen-bond acceptors (Lipinski definition) is 2. The van der Waals surface area contributed by atoms with Crippen molar-refractivity contribution in [3.05, 3.63) is 24.0 Å². The fraction of sp³-hybridized carbons (Fsp3) is 0.600. The largest absolute Gasteiger partial charge is 0.392 e. The van der Waals surface area contributed by atoms with Gasteiger partial charge < -0.3 is 15.0 Å². The first-order chi connectivity index (χ1) is 6.22. The van der Waals surface area contributed by atoms with E-state index in [1.165, 1.54) is 5.56 Å². The van der Waals surface area contributed by atoms with Crippen LogP contribution in [0.5, 0.6) is 0 Å². The predicted molar refractivity (Wildman–Crippen MR) is 53.5 cm³/mol. The van der Waals surface area contributed by atoms with Crippen molar-refractivity contribution in [2.75, 3.05) is 6.54 Å². The van der Waals surface area contributed by atoms with Crippen molar-refractivity contribution in [2.24, 2.45) is 0 Å². The summed E-state index contributed by atoms with van der Waals surface area (Å²) in [5.41, 5.74) is 1.27. The molecule has 0 bridgehead atoms. The first-order valence-electron chi connectivity index (χ1n) is 4.75. The Morgan fingerprint density at radius 2 is 2.38 bits per heavy atom. The second-order valence-electron chi connectivity index (χ2n) is 3.33. The van der Waals surface area contributed by atoms with Crippen LogP contribution in [0.3, 0.4) is 0 Å². The Bertz CT molecular complexity index is 243. The first kappa shape index (κ1) is 10.3. The summed E-state index contributed by atoms with van der Waals surface area (Å²) in [6, 6.07) is 2.10. The standard InChI is InChI=1S/C10H18N2O/c1-3-12-5-4-10(8-12)7-11-6-9(2)13/h4-5,8-9,11,13H,3,6-7H2,1-2H3. The molecular weight excluding hydrogens is 164 g/mol. The summed E-state index contributed by atoms with van der Waals surface area (Å²) in [4.78, 5) is 0. The highest BCUT2D eigenvalue weighted by Gasteiger charge is 1.97. The molecule has 1 aromatic rings. The molecule has 2 N–H and O–H groups in total. The van der Waals surface area contributed by atoms with Crippen LogP contribution in [0.2, 0.25) is 0 Å². The van der Waals surface area contributed by atoms with Crippen molar-refractivity contribution >= 4 is 0 Å². The number of rotatable bonds is 5. The third kappa shape index (κ3) is 3.61. The van der Waals surface area contributed by atoms with Gasteiger partial charge in [0.15, 0.2) is 0 Å². The molecule has 0 saturated carbocycles. The molecule has 1 heterocycles. The number of aliphatic hydroxyl groups excluding tert-OH is 1. The van der Waals surface area contributed by atoms with Crippen molar-refractivity contribution in [2.45, 2.75) is 33.0 Å². The highest BCUT2D eigenvalue weighted by Crippen LogP contribution is 2.00. The number of nitrogens with zero attached hydrogens (tertiary/aromatic N) is 1. The minimum Gasteiger partial charge on any atom is -0.392 e. The number of hydrogen-bond donors (Lipinski definition) is 2. The molecule has 0 fully saturated rings. The molecule has 0 aliphatic rings. The van der Waals surface area contributed by atoms with E-state index >= 15 is 0 Å². The van der Waals surface area contributed by atoms with Gasteiger partial charge in [0.2, 0.25) is 0 Å². The van der Waals surface area contributed by atoms with E-state index < -0.39 is 0 Å². The summed E-state index contributed by atoms with van der Waals surface area (Å²) >= 11 is 0. The van der Waals surface area contributed by atoms with E-state index in [1.54, 1.807) is 6.92 Å². The maximum absolute atomic E-state index is 9.01. The lowest BCUT2D eigenvalue weighted by atomic mass is 10.3. The van der Waals surface area contributed by atoms with Crippen LogP contribution >= 0.6 is 0 Å². The van der Waals surface area contributed by atoms with E-state index in [1.807, 2.05) is 0 Å². The second-order valence-corrected chi connectivity index (χ2v) is 3.33. The number of nitrogens with one attached hydrogen (secondary N) is 1. The topological polar surface area (TPSA) is 37.2 Å². The van der Waals surface area contributed by atoms with Gasteiger partial charge in [0.05, 0.1) is 6.10 Å². The molecule has 0 radical (unpaired) electrons. The third-order valence-corrected chi connectivity index (χ3v) is 1.95. The van der Waals surface area contributed by atoms with Crippen molar-refractivity contribution < 1.29 is 5.11 Å². The van der Waals surface area contributed by atoms with Gasteiger partial charge in [-0.05, 0) is 25.5 Å². The first-order valence-corrected chi connectivity index (χ1v) is 4.75. The van der Waals surface area contributed by atoms with Gasteiger partial charge in [-0.25, -0.2) is 0 Å². The molecule has 1 unspecified atom stereocenters. The molecule has 0 aromatic carbocycles. The molecule has 3 nitrogen and oxygen atoms in total. The van der Waals surface area contributed by atoms with Crippen LogP contribution in [0.25, 0.3) is 0 Å². The van der Waals surface area contributed by atoms with Crippen LogP contribution < -0.4 is 5.32 Å². The maximum Gasteiger partial charge on any atom is 0.0636 e. The smallest absolute Gasteiger partial charge is 0.0636 e. The van der Waals surface area contributed by atoms with Crippen LogP contribution in [-0.4, -0.2) is 22.3 Å². The second kappa shape index (κ2) is 5.04. The van der Waals surface area contributed by atoms with E-state index in [9.17, 15) is 0 Å². The van der Waals surface area contributed by atoms with E-state index in [-0.39, 0.29) is 6.10 Å². The molecule has 1 atom stereocenters. The Kier molecular flexibility index (Phi) is 3.99. The van der Waals surface area contributed by atoms with Crippen LogP contribution in [0, 0.1) is 0 Å². The third-order valence-electron chi connectivity index (χ3n) is 1.95. The molecular formula is C10H18N2O. The van der Waals surface area contributed by atoms with E-state index in [0.717, 1.165) is 13.1 Å². The molecule has 0 aliphatic carbocycles. The molecule has 1 aromatic heterocycles. The average molecular weight is 182 g/mol. The fourth-order valence-electron chi connectivity index (χ4n) is 1.22. The number of aromatic nitrogens is 1. The normalized spacial score (nSPS) is 13.2. The summed E-state index contributed by atoms with van der Waals surface area (Å²) in [5, 5.41) is 12.2. The summed E-state index contributed by atoms with van der Waals surface area (Å²) in [7, 11) is 0. The Morgan fingerprint density at radius 1 is 1.62 bits per heavy atom.